The summed E-state index contributed by atoms with van der Waals surface area (Å²) in [6.07, 6.45) is 6.38. The van der Waals surface area contributed by atoms with Gasteiger partial charge in [-0.25, -0.2) is 0 Å². The summed E-state index contributed by atoms with van der Waals surface area (Å²) in [6, 6.07) is 4.37. The van der Waals surface area contributed by atoms with Crippen LogP contribution in [0.15, 0.2) is 12.1 Å². The summed E-state index contributed by atoms with van der Waals surface area (Å²) in [5.74, 6) is 1.01. The molecule has 15 heavy (non-hydrogen) atoms. The van der Waals surface area contributed by atoms with Gasteiger partial charge in [0.2, 0.25) is 0 Å². The Kier molecular flexibility index (Phi) is 2.45. The van der Waals surface area contributed by atoms with Crippen molar-refractivity contribution < 1.29 is 4.74 Å². The van der Waals surface area contributed by atoms with E-state index in [-0.39, 0.29) is 0 Å². The lowest BCUT2D eigenvalue weighted by molar-refractivity contribution is 0.109. The Morgan fingerprint density at radius 2 is 2.27 bits per heavy atom. The molecule has 0 atom stereocenters. The van der Waals surface area contributed by atoms with Crippen LogP contribution in [0, 0.1) is 5.92 Å². The van der Waals surface area contributed by atoms with Gasteiger partial charge >= 0.3 is 0 Å². The fourth-order valence-electron chi connectivity index (χ4n) is 2.17. The van der Waals surface area contributed by atoms with Crippen molar-refractivity contribution in [3.63, 3.8) is 0 Å². The Morgan fingerprint density at radius 1 is 1.33 bits per heavy atom. The maximum Gasteiger partial charge on any atom is 0.0734 e. The molecular formula is C13H17NO. The first-order chi connectivity index (χ1) is 7.42. The molecule has 0 aromatic carbocycles. The van der Waals surface area contributed by atoms with Crippen LogP contribution >= 0.6 is 0 Å². The third kappa shape index (κ3) is 2.20. The van der Waals surface area contributed by atoms with Gasteiger partial charge in [-0.05, 0) is 30.4 Å². The second kappa shape index (κ2) is 3.93. The van der Waals surface area contributed by atoms with Crippen molar-refractivity contribution in [1.82, 2.24) is 4.98 Å². The second-order valence-electron chi connectivity index (χ2n) is 4.69. The van der Waals surface area contributed by atoms with E-state index < -0.39 is 0 Å². The molecule has 2 heterocycles. The summed E-state index contributed by atoms with van der Waals surface area (Å²) in [6.45, 7) is 1.59. The predicted molar refractivity (Wildman–Crippen MR) is 58.6 cm³/mol. The van der Waals surface area contributed by atoms with Gasteiger partial charge in [0.25, 0.3) is 0 Å². The van der Waals surface area contributed by atoms with Crippen LogP contribution < -0.4 is 0 Å². The van der Waals surface area contributed by atoms with E-state index in [1.165, 1.54) is 42.6 Å². The van der Waals surface area contributed by atoms with Crippen molar-refractivity contribution in [2.24, 2.45) is 5.92 Å². The molecule has 2 aliphatic rings. The Morgan fingerprint density at radius 3 is 3.13 bits per heavy atom. The normalized spacial score (nSPS) is 20.0. The molecule has 0 amide bonds. The minimum atomic E-state index is 0.755. The van der Waals surface area contributed by atoms with Crippen LogP contribution in [0.1, 0.15) is 36.2 Å². The van der Waals surface area contributed by atoms with Crippen molar-refractivity contribution in [3.05, 3.63) is 29.1 Å². The molecule has 1 saturated carbocycles. The van der Waals surface area contributed by atoms with Crippen LogP contribution in [-0.4, -0.2) is 11.6 Å². The highest BCUT2D eigenvalue weighted by atomic mass is 16.5. The van der Waals surface area contributed by atoms with Crippen molar-refractivity contribution >= 4 is 0 Å². The van der Waals surface area contributed by atoms with E-state index in [9.17, 15) is 0 Å². The number of rotatable bonds is 3. The van der Waals surface area contributed by atoms with E-state index >= 15 is 0 Å². The zero-order valence-electron chi connectivity index (χ0n) is 9.04. The Labute approximate surface area is 90.7 Å². The molecule has 0 unspecified atom stereocenters. The van der Waals surface area contributed by atoms with Gasteiger partial charge in [0.15, 0.2) is 0 Å². The highest BCUT2D eigenvalue weighted by Crippen LogP contribution is 2.33. The van der Waals surface area contributed by atoms with Crippen LogP contribution in [0.5, 0.6) is 0 Å². The monoisotopic (exact) mass is 203 g/mol. The van der Waals surface area contributed by atoms with Crippen LogP contribution in [0.25, 0.3) is 0 Å². The minimum Gasteiger partial charge on any atom is -0.376 e. The first-order valence-corrected chi connectivity index (χ1v) is 5.97. The maximum absolute atomic E-state index is 5.40. The van der Waals surface area contributed by atoms with E-state index in [1.54, 1.807) is 0 Å². The lowest BCUT2D eigenvalue weighted by Gasteiger charge is -2.16. The maximum atomic E-state index is 5.40. The molecule has 0 spiro atoms. The molecule has 0 saturated heterocycles. The molecule has 1 aliphatic heterocycles. The van der Waals surface area contributed by atoms with E-state index in [0.29, 0.717) is 0 Å². The first-order valence-electron chi connectivity index (χ1n) is 5.97. The van der Waals surface area contributed by atoms with Crippen molar-refractivity contribution in [3.8, 4) is 0 Å². The van der Waals surface area contributed by atoms with Crippen LogP contribution in [0.2, 0.25) is 0 Å². The molecule has 2 nitrogen and oxygen atoms in total. The number of hydrogen-bond acceptors (Lipinski definition) is 2. The fourth-order valence-corrected chi connectivity index (χ4v) is 2.17. The molecule has 1 aromatic heterocycles. The van der Waals surface area contributed by atoms with E-state index in [1.807, 2.05) is 0 Å². The van der Waals surface area contributed by atoms with Gasteiger partial charge in [-0.3, -0.25) is 4.98 Å². The molecular weight excluding hydrogens is 186 g/mol. The van der Waals surface area contributed by atoms with Gasteiger partial charge in [-0.2, -0.15) is 0 Å². The average molecular weight is 203 g/mol. The molecule has 0 radical (unpaired) electrons. The molecule has 2 heteroatoms. The predicted octanol–water partition coefficient (Wildman–Crippen LogP) is 2.50. The molecule has 1 aromatic rings. The summed E-state index contributed by atoms with van der Waals surface area (Å²) in [7, 11) is 0. The van der Waals surface area contributed by atoms with Gasteiger partial charge < -0.3 is 4.74 Å². The SMILES string of the molecule is c1cc2c(nc1CCC1CC1)CCOC2. The zero-order chi connectivity index (χ0) is 10.1. The van der Waals surface area contributed by atoms with E-state index in [0.717, 1.165) is 25.6 Å². The second-order valence-corrected chi connectivity index (χ2v) is 4.69. The molecule has 1 fully saturated rings. The highest BCUT2D eigenvalue weighted by Gasteiger charge is 2.21. The summed E-state index contributed by atoms with van der Waals surface area (Å²) in [4.78, 5) is 4.73. The average Bonchev–Trinajstić information content (AvgIpc) is 3.10. The summed E-state index contributed by atoms with van der Waals surface area (Å²) < 4.78 is 5.40. The van der Waals surface area contributed by atoms with Gasteiger partial charge in [-0.1, -0.05) is 18.9 Å². The number of aromatic nitrogens is 1. The fraction of sp³-hybridized carbons (Fsp3) is 0.615. The van der Waals surface area contributed by atoms with Crippen molar-refractivity contribution in [2.45, 2.75) is 38.7 Å². The summed E-state index contributed by atoms with van der Waals surface area (Å²) in [5.41, 5.74) is 3.84. The summed E-state index contributed by atoms with van der Waals surface area (Å²) in [5, 5.41) is 0. The Bertz CT molecular complexity index is 358. The third-order valence-corrected chi connectivity index (χ3v) is 3.37. The summed E-state index contributed by atoms with van der Waals surface area (Å²) >= 11 is 0. The number of hydrogen-bond donors (Lipinski definition) is 0. The van der Waals surface area contributed by atoms with Crippen LogP contribution in [0.3, 0.4) is 0 Å². The molecule has 0 bridgehead atoms. The highest BCUT2D eigenvalue weighted by molar-refractivity contribution is 5.24. The van der Waals surface area contributed by atoms with Gasteiger partial charge in [0, 0.05) is 17.8 Å². The number of fused-ring (bicyclic) bond motifs is 1. The van der Waals surface area contributed by atoms with E-state index in [4.69, 9.17) is 9.72 Å². The topological polar surface area (TPSA) is 22.1 Å². The van der Waals surface area contributed by atoms with Crippen molar-refractivity contribution in [2.75, 3.05) is 6.61 Å². The lowest BCUT2D eigenvalue weighted by atomic mass is 10.1. The minimum absolute atomic E-state index is 0.755. The number of pyridine rings is 1. The third-order valence-electron chi connectivity index (χ3n) is 3.37. The number of nitrogens with zero attached hydrogens (tertiary/aromatic N) is 1. The lowest BCUT2D eigenvalue weighted by Crippen LogP contribution is -2.12. The van der Waals surface area contributed by atoms with Crippen LogP contribution in [0.4, 0.5) is 0 Å². The largest absolute Gasteiger partial charge is 0.376 e. The smallest absolute Gasteiger partial charge is 0.0734 e. The zero-order valence-corrected chi connectivity index (χ0v) is 9.04. The first kappa shape index (κ1) is 9.34. The van der Waals surface area contributed by atoms with Crippen molar-refractivity contribution in [1.29, 1.82) is 0 Å². The van der Waals surface area contributed by atoms with E-state index in [2.05, 4.69) is 12.1 Å². The van der Waals surface area contributed by atoms with Crippen LogP contribution in [-0.2, 0) is 24.2 Å². The molecule has 0 N–H and O–H groups in total. The molecule has 3 rings (SSSR count). The Hall–Kier alpha value is -0.890. The van der Waals surface area contributed by atoms with Gasteiger partial charge in [-0.15, -0.1) is 0 Å². The number of aryl methyl sites for hydroxylation is 1. The standard InChI is InChI=1S/C13H17NO/c1-2-10(1)3-5-12-6-4-11-9-15-8-7-13(11)14-12/h4,6,10H,1-3,5,7-9H2. The molecule has 80 valence electrons. The van der Waals surface area contributed by atoms with Gasteiger partial charge in [0.05, 0.1) is 13.2 Å². The Balaban J connectivity index is 1.71. The van der Waals surface area contributed by atoms with Gasteiger partial charge in [0.1, 0.15) is 0 Å². The quantitative estimate of drug-likeness (QED) is 0.753. The number of ether oxygens (including phenoxy) is 1. The molecule has 1 aliphatic carbocycles.